The van der Waals surface area contributed by atoms with Crippen LogP contribution in [0.3, 0.4) is 0 Å². The summed E-state index contributed by atoms with van der Waals surface area (Å²) in [6.07, 6.45) is 2.43. The lowest BCUT2D eigenvalue weighted by molar-refractivity contribution is 1.06. The van der Waals surface area contributed by atoms with Crippen molar-refractivity contribution < 1.29 is 0 Å². The highest BCUT2D eigenvalue weighted by atomic mass is 15.0. The summed E-state index contributed by atoms with van der Waals surface area (Å²) in [7, 11) is 0. The van der Waals surface area contributed by atoms with Gasteiger partial charge in [-0.2, -0.15) is 0 Å². The van der Waals surface area contributed by atoms with Crippen molar-refractivity contribution in [2.24, 2.45) is 0 Å². The second-order valence-electron chi connectivity index (χ2n) is 8.18. The summed E-state index contributed by atoms with van der Waals surface area (Å²) in [5, 5.41) is 5.16. The summed E-state index contributed by atoms with van der Waals surface area (Å²) in [6.45, 7) is 0. The molecule has 3 heteroatoms. The topological polar surface area (TPSA) is 38.7 Å². The molecule has 0 saturated heterocycles. The Hall–Kier alpha value is -4.37. The van der Waals surface area contributed by atoms with Crippen molar-refractivity contribution in [3.63, 3.8) is 0 Å². The molecule has 0 atom stereocenters. The van der Waals surface area contributed by atoms with E-state index >= 15 is 0 Å². The average molecular weight is 424 g/mol. The van der Waals surface area contributed by atoms with Gasteiger partial charge in [0.15, 0.2) is 11.6 Å². The average Bonchev–Trinajstić information content (AvgIpc) is 2.90. The Bertz CT molecular complexity index is 1590. The van der Waals surface area contributed by atoms with Gasteiger partial charge in [0.05, 0.1) is 0 Å². The van der Waals surface area contributed by atoms with Gasteiger partial charge in [0.25, 0.3) is 0 Å². The molecule has 0 radical (unpaired) electrons. The van der Waals surface area contributed by atoms with Crippen LogP contribution in [0.2, 0.25) is 0 Å². The first-order valence-corrected chi connectivity index (χ1v) is 11.1. The van der Waals surface area contributed by atoms with Gasteiger partial charge in [-0.15, -0.1) is 0 Å². The van der Waals surface area contributed by atoms with Crippen molar-refractivity contribution in [3.05, 3.63) is 127 Å². The van der Waals surface area contributed by atoms with Crippen molar-refractivity contribution in [2.75, 3.05) is 0 Å². The lowest BCUT2D eigenvalue weighted by Crippen LogP contribution is -1.96. The van der Waals surface area contributed by atoms with Crippen LogP contribution in [0, 0.1) is 0 Å². The molecule has 0 fully saturated rings. The maximum absolute atomic E-state index is 4.73. The molecule has 0 aliphatic rings. The van der Waals surface area contributed by atoms with Crippen LogP contribution >= 0.6 is 0 Å². The van der Waals surface area contributed by atoms with Crippen LogP contribution in [-0.4, -0.2) is 15.0 Å². The lowest BCUT2D eigenvalue weighted by Gasteiger charge is -2.11. The molecule has 1 aromatic heterocycles. The Morgan fingerprint density at radius 2 is 1.18 bits per heavy atom. The van der Waals surface area contributed by atoms with Crippen LogP contribution in [0.4, 0.5) is 0 Å². The molecule has 33 heavy (non-hydrogen) atoms. The van der Waals surface area contributed by atoms with E-state index in [1.165, 1.54) is 32.7 Å². The molecule has 0 aliphatic carbocycles. The number of rotatable bonds is 4. The van der Waals surface area contributed by atoms with Gasteiger partial charge in [-0.3, -0.25) is 0 Å². The van der Waals surface area contributed by atoms with E-state index in [1.54, 1.807) is 6.33 Å². The fourth-order valence-corrected chi connectivity index (χ4v) is 4.48. The monoisotopic (exact) mass is 423 g/mol. The molecule has 0 aliphatic heterocycles. The van der Waals surface area contributed by atoms with E-state index in [9.17, 15) is 0 Å². The Labute approximate surface area is 192 Å². The smallest absolute Gasteiger partial charge is 0.163 e. The molecule has 0 N–H and O–H groups in total. The Balaban J connectivity index is 1.40. The minimum absolute atomic E-state index is 0.687. The van der Waals surface area contributed by atoms with Gasteiger partial charge in [-0.25, -0.2) is 15.0 Å². The molecular weight excluding hydrogens is 402 g/mol. The number of nitrogens with zero attached hydrogens (tertiary/aromatic N) is 3. The van der Waals surface area contributed by atoms with Crippen molar-refractivity contribution in [1.82, 2.24) is 15.0 Å². The molecular formula is C30H21N3. The maximum Gasteiger partial charge on any atom is 0.163 e. The largest absolute Gasteiger partial charge is 0.217 e. The molecule has 3 nitrogen and oxygen atoms in total. The zero-order valence-electron chi connectivity index (χ0n) is 18.0. The van der Waals surface area contributed by atoms with Gasteiger partial charge in [0.1, 0.15) is 6.33 Å². The minimum atomic E-state index is 0.687. The quantitative estimate of drug-likeness (QED) is 0.284. The van der Waals surface area contributed by atoms with E-state index in [4.69, 9.17) is 4.98 Å². The Morgan fingerprint density at radius 1 is 0.515 bits per heavy atom. The minimum Gasteiger partial charge on any atom is -0.217 e. The predicted molar refractivity (Wildman–Crippen MR) is 135 cm³/mol. The zero-order chi connectivity index (χ0) is 22.0. The predicted octanol–water partition coefficient (Wildman–Crippen LogP) is 7.10. The summed E-state index contributed by atoms with van der Waals surface area (Å²) < 4.78 is 0. The highest BCUT2D eigenvalue weighted by Crippen LogP contribution is 2.30. The lowest BCUT2D eigenvalue weighted by atomic mass is 9.93. The molecule has 6 aromatic rings. The summed E-state index contributed by atoms with van der Waals surface area (Å²) in [5.41, 5.74) is 4.54. The molecule has 156 valence electrons. The SMILES string of the molecule is c1ccc(-c2ncnc(-c3cccc(Cc4cc5ccccc5c5ccccc45)c3)n2)cc1. The first kappa shape index (κ1) is 19.3. The maximum atomic E-state index is 4.73. The first-order valence-electron chi connectivity index (χ1n) is 11.1. The number of benzene rings is 5. The van der Waals surface area contributed by atoms with Crippen LogP contribution in [0.1, 0.15) is 11.1 Å². The standard InChI is InChI=1S/C30H21N3/c1-2-10-22(11-3-1)29-31-20-32-30(33-29)24-13-8-9-21(17-24)18-25-19-23-12-4-5-14-26(23)28-16-7-6-15-27(25)28/h1-17,19-20H,18H2. The van der Waals surface area contributed by atoms with Gasteiger partial charge < -0.3 is 0 Å². The van der Waals surface area contributed by atoms with Crippen LogP contribution in [-0.2, 0) is 6.42 Å². The summed E-state index contributed by atoms with van der Waals surface area (Å²) in [4.78, 5) is 13.5. The van der Waals surface area contributed by atoms with E-state index < -0.39 is 0 Å². The summed E-state index contributed by atoms with van der Waals surface area (Å²) in [5.74, 6) is 1.38. The van der Waals surface area contributed by atoms with Gasteiger partial charge in [0, 0.05) is 11.1 Å². The normalized spacial score (nSPS) is 11.2. The molecule has 1 heterocycles. The molecule has 0 unspecified atom stereocenters. The van der Waals surface area contributed by atoms with Gasteiger partial charge >= 0.3 is 0 Å². The van der Waals surface area contributed by atoms with Crippen LogP contribution in [0.25, 0.3) is 44.3 Å². The van der Waals surface area contributed by atoms with E-state index in [-0.39, 0.29) is 0 Å². The van der Waals surface area contributed by atoms with E-state index in [0.717, 1.165) is 17.5 Å². The van der Waals surface area contributed by atoms with Gasteiger partial charge in [0.2, 0.25) is 0 Å². The molecule has 0 spiro atoms. The van der Waals surface area contributed by atoms with Crippen LogP contribution < -0.4 is 0 Å². The third kappa shape index (κ3) is 3.74. The van der Waals surface area contributed by atoms with Gasteiger partial charge in [-0.1, -0.05) is 103 Å². The summed E-state index contributed by atoms with van der Waals surface area (Å²) in [6, 6.07) is 38.1. The van der Waals surface area contributed by atoms with Crippen molar-refractivity contribution in [3.8, 4) is 22.8 Å². The summed E-state index contributed by atoms with van der Waals surface area (Å²) >= 11 is 0. The van der Waals surface area contributed by atoms with Crippen LogP contribution in [0.15, 0.2) is 116 Å². The Morgan fingerprint density at radius 3 is 2.03 bits per heavy atom. The van der Waals surface area contributed by atoms with E-state index in [2.05, 4.69) is 88.8 Å². The van der Waals surface area contributed by atoms with E-state index in [0.29, 0.717) is 11.6 Å². The van der Waals surface area contributed by atoms with Crippen LogP contribution in [0.5, 0.6) is 0 Å². The zero-order valence-corrected chi connectivity index (χ0v) is 18.0. The first-order chi connectivity index (χ1) is 16.3. The highest BCUT2D eigenvalue weighted by molar-refractivity contribution is 6.09. The second kappa shape index (κ2) is 8.29. The fourth-order valence-electron chi connectivity index (χ4n) is 4.48. The van der Waals surface area contributed by atoms with E-state index in [1.807, 2.05) is 30.3 Å². The number of hydrogen-bond donors (Lipinski definition) is 0. The number of fused-ring (bicyclic) bond motifs is 3. The second-order valence-corrected chi connectivity index (χ2v) is 8.18. The Kier molecular flexibility index (Phi) is 4.85. The van der Waals surface area contributed by atoms with Gasteiger partial charge in [-0.05, 0) is 45.2 Å². The molecule has 0 saturated carbocycles. The highest BCUT2D eigenvalue weighted by Gasteiger charge is 2.10. The number of hydrogen-bond acceptors (Lipinski definition) is 3. The number of aromatic nitrogens is 3. The van der Waals surface area contributed by atoms with Crippen molar-refractivity contribution in [2.45, 2.75) is 6.42 Å². The molecule has 5 aromatic carbocycles. The third-order valence-electron chi connectivity index (χ3n) is 6.04. The van der Waals surface area contributed by atoms with Crippen molar-refractivity contribution >= 4 is 21.5 Å². The third-order valence-corrected chi connectivity index (χ3v) is 6.04. The van der Waals surface area contributed by atoms with Crippen molar-refractivity contribution in [1.29, 1.82) is 0 Å². The fraction of sp³-hybridized carbons (Fsp3) is 0.0333. The molecule has 6 rings (SSSR count). The molecule has 0 bridgehead atoms. The molecule has 0 amide bonds.